The standard InChI is InChI=1S/C23H19F7N4O4/c1-2-17(23(28,29)30)31-22(38)11-6-34(18-12(25)3-9(24)4-13(18)26)20-10(19(11)37)5-14(27)21(32-20)33-7-15(35)16(36)8-33/h3-6,15-17,35-36H,2,7-8H2,1H3,(H,31,38)/t15-,16+,17?. The van der Waals surface area contributed by atoms with Gasteiger partial charge in [0, 0.05) is 31.4 Å². The molecule has 0 bridgehead atoms. The lowest BCUT2D eigenvalue weighted by molar-refractivity contribution is -0.153. The zero-order valence-electron chi connectivity index (χ0n) is 19.4. The van der Waals surface area contributed by atoms with Gasteiger partial charge in [0.25, 0.3) is 5.91 Å². The van der Waals surface area contributed by atoms with E-state index in [9.17, 15) is 46.1 Å². The number of nitrogens with one attached hydrogen (secondary N) is 1. The SMILES string of the molecule is CCC(NC(=O)c1cn(-c2c(F)cc(F)cc2F)c2nc(N3C[C@@H](O)[C@@H](O)C3)c(F)cc2c1=O)C(F)(F)F. The van der Waals surface area contributed by atoms with Gasteiger partial charge in [-0.15, -0.1) is 0 Å². The molecule has 1 fully saturated rings. The number of carbonyl (C=O) groups is 1. The molecule has 3 N–H and O–H groups in total. The van der Waals surface area contributed by atoms with E-state index >= 15 is 4.39 Å². The van der Waals surface area contributed by atoms with Crippen molar-refractivity contribution in [1.29, 1.82) is 0 Å². The maximum Gasteiger partial charge on any atom is 0.408 e. The smallest absolute Gasteiger partial charge is 0.389 e. The number of halogens is 7. The molecule has 4 rings (SSSR count). The lowest BCUT2D eigenvalue weighted by Crippen LogP contribution is -2.46. The summed E-state index contributed by atoms with van der Waals surface area (Å²) in [4.78, 5) is 30.8. The Morgan fingerprint density at radius 3 is 2.18 bits per heavy atom. The highest BCUT2D eigenvalue weighted by Gasteiger charge is 2.40. The number of aromatic nitrogens is 2. The number of carbonyl (C=O) groups excluding carboxylic acids is 1. The van der Waals surface area contributed by atoms with Crippen molar-refractivity contribution in [1.82, 2.24) is 14.9 Å². The third kappa shape index (κ3) is 4.90. The van der Waals surface area contributed by atoms with Crippen LogP contribution in [0, 0.1) is 23.3 Å². The van der Waals surface area contributed by atoms with Crippen molar-refractivity contribution < 1.29 is 45.7 Å². The van der Waals surface area contributed by atoms with E-state index in [2.05, 4.69) is 4.98 Å². The Labute approximate surface area is 208 Å². The number of alkyl halides is 3. The number of benzene rings is 1. The maximum absolute atomic E-state index is 15.0. The number of aliphatic hydroxyl groups is 2. The number of anilines is 1. The molecule has 0 radical (unpaired) electrons. The molecule has 204 valence electrons. The fraction of sp³-hybridized carbons (Fsp3) is 0.348. The molecule has 3 heterocycles. The number of aliphatic hydroxyl groups excluding tert-OH is 2. The summed E-state index contributed by atoms with van der Waals surface area (Å²) in [5.74, 6) is -7.66. The number of hydrogen-bond acceptors (Lipinski definition) is 6. The van der Waals surface area contributed by atoms with E-state index in [1.807, 2.05) is 0 Å². The van der Waals surface area contributed by atoms with Crippen molar-refractivity contribution in [2.75, 3.05) is 18.0 Å². The topological polar surface area (TPSA) is 108 Å². The minimum Gasteiger partial charge on any atom is -0.389 e. The summed E-state index contributed by atoms with van der Waals surface area (Å²) < 4.78 is 98.2. The monoisotopic (exact) mass is 548 g/mol. The molecule has 0 aliphatic carbocycles. The van der Waals surface area contributed by atoms with Crippen molar-refractivity contribution in [2.24, 2.45) is 0 Å². The van der Waals surface area contributed by atoms with Crippen LogP contribution in [0.1, 0.15) is 23.7 Å². The summed E-state index contributed by atoms with van der Waals surface area (Å²) in [6.07, 6.45) is -7.54. The Kier molecular flexibility index (Phi) is 7.09. The van der Waals surface area contributed by atoms with Crippen LogP contribution in [0.25, 0.3) is 16.7 Å². The Hall–Kier alpha value is -3.72. The van der Waals surface area contributed by atoms with Crippen LogP contribution in [-0.2, 0) is 0 Å². The third-order valence-electron chi connectivity index (χ3n) is 6.05. The summed E-state index contributed by atoms with van der Waals surface area (Å²) in [6, 6.07) is -1.26. The van der Waals surface area contributed by atoms with Crippen LogP contribution in [0.4, 0.5) is 36.6 Å². The maximum atomic E-state index is 15.0. The Bertz CT molecular complexity index is 1440. The van der Waals surface area contributed by atoms with Gasteiger partial charge in [0.15, 0.2) is 28.9 Å². The van der Waals surface area contributed by atoms with Gasteiger partial charge in [-0.2, -0.15) is 13.2 Å². The van der Waals surface area contributed by atoms with Gasteiger partial charge in [-0.25, -0.2) is 22.5 Å². The van der Waals surface area contributed by atoms with Crippen LogP contribution in [-0.4, -0.2) is 63.2 Å². The van der Waals surface area contributed by atoms with Gasteiger partial charge in [0.2, 0.25) is 5.43 Å². The fourth-order valence-corrected chi connectivity index (χ4v) is 4.13. The molecule has 38 heavy (non-hydrogen) atoms. The van der Waals surface area contributed by atoms with Crippen molar-refractivity contribution in [3.63, 3.8) is 0 Å². The highest BCUT2D eigenvalue weighted by atomic mass is 19.4. The summed E-state index contributed by atoms with van der Waals surface area (Å²) >= 11 is 0. The van der Waals surface area contributed by atoms with E-state index < -0.39 is 93.6 Å². The lowest BCUT2D eigenvalue weighted by atomic mass is 10.1. The zero-order chi connectivity index (χ0) is 28.1. The van der Waals surface area contributed by atoms with Gasteiger partial charge in [0.1, 0.15) is 23.1 Å². The second kappa shape index (κ2) is 9.87. The van der Waals surface area contributed by atoms with E-state index in [0.29, 0.717) is 16.8 Å². The van der Waals surface area contributed by atoms with Crippen LogP contribution < -0.4 is 15.6 Å². The van der Waals surface area contributed by atoms with Gasteiger partial charge in [0.05, 0.1) is 17.6 Å². The highest BCUT2D eigenvalue weighted by molar-refractivity contribution is 5.97. The van der Waals surface area contributed by atoms with Crippen molar-refractivity contribution in [2.45, 2.75) is 37.8 Å². The molecule has 1 amide bonds. The second-order valence-electron chi connectivity index (χ2n) is 8.64. The number of hydrogen-bond donors (Lipinski definition) is 3. The first-order valence-electron chi connectivity index (χ1n) is 11.1. The van der Waals surface area contributed by atoms with Gasteiger partial charge >= 0.3 is 6.18 Å². The molecule has 1 saturated heterocycles. The molecule has 8 nitrogen and oxygen atoms in total. The molecule has 3 atom stereocenters. The van der Waals surface area contributed by atoms with Gasteiger partial charge < -0.3 is 20.4 Å². The first kappa shape index (κ1) is 27.3. The number of amides is 1. The average Bonchev–Trinajstić information content (AvgIpc) is 3.14. The van der Waals surface area contributed by atoms with Crippen LogP contribution >= 0.6 is 0 Å². The van der Waals surface area contributed by atoms with Crippen LogP contribution in [0.3, 0.4) is 0 Å². The summed E-state index contributed by atoms with van der Waals surface area (Å²) in [7, 11) is 0. The molecular weight excluding hydrogens is 529 g/mol. The first-order chi connectivity index (χ1) is 17.7. The summed E-state index contributed by atoms with van der Waals surface area (Å²) in [5, 5.41) is 20.5. The van der Waals surface area contributed by atoms with Crippen molar-refractivity contribution >= 4 is 22.8 Å². The molecule has 0 spiro atoms. The summed E-state index contributed by atoms with van der Waals surface area (Å²) in [5.41, 5.74) is -4.01. The van der Waals surface area contributed by atoms with E-state index in [1.165, 1.54) is 0 Å². The molecular formula is C23H19F7N4O4. The fourth-order valence-electron chi connectivity index (χ4n) is 4.13. The third-order valence-corrected chi connectivity index (χ3v) is 6.05. The number of rotatable bonds is 5. The number of pyridine rings is 2. The average molecular weight is 548 g/mol. The predicted octanol–water partition coefficient (Wildman–Crippen LogP) is 2.55. The molecule has 1 aliphatic rings. The summed E-state index contributed by atoms with van der Waals surface area (Å²) in [6.45, 7) is 0.528. The van der Waals surface area contributed by atoms with E-state index in [1.54, 1.807) is 5.32 Å². The van der Waals surface area contributed by atoms with Crippen molar-refractivity contribution in [3.8, 4) is 5.69 Å². The quantitative estimate of drug-likeness (QED) is 0.424. The van der Waals surface area contributed by atoms with Gasteiger partial charge in [-0.05, 0) is 12.5 Å². The Morgan fingerprint density at radius 1 is 1.08 bits per heavy atom. The van der Waals surface area contributed by atoms with Crippen LogP contribution in [0.15, 0.2) is 29.2 Å². The van der Waals surface area contributed by atoms with Crippen LogP contribution in [0.2, 0.25) is 0 Å². The number of nitrogens with zero attached hydrogens (tertiary/aromatic N) is 3. The molecule has 1 aromatic carbocycles. The first-order valence-corrected chi connectivity index (χ1v) is 11.1. The van der Waals surface area contributed by atoms with E-state index in [4.69, 9.17) is 0 Å². The largest absolute Gasteiger partial charge is 0.408 e. The second-order valence-corrected chi connectivity index (χ2v) is 8.64. The Morgan fingerprint density at radius 2 is 1.66 bits per heavy atom. The molecule has 2 aromatic heterocycles. The predicted molar refractivity (Wildman–Crippen MR) is 119 cm³/mol. The zero-order valence-corrected chi connectivity index (χ0v) is 19.4. The normalized spacial score (nSPS) is 18.7. The minimum atomic E-state index is -4.89. The number of β-amino-alcohol motifs (C(OH)–C–C–N with tert-alkyl or cyclic N) is 2. The molecule has 0 saturated carbocycles. The van der Waals surface area contributed by atoms with E-state index in [-0.39, 0.29) is 25.2 Å². The highest BCUT2D eigenvalue weighted by Crippen LogP contribution is 2.29. The van der Waals surface area contributed by atoms with Gasteiger partial charge in [-0.1, -0.05) is 6.92 Å². The number of fused-ring (bicyclic) bond motifs is 1. The van der Waals surface area contributed by atoms with Crippen molar-refractivity contribution in [3.05, 3.63) is 63.5 Å². The molecule has 3 aromatic rings. The van der Waals surface area contributed by atoms with Crippen LogP contribution in [0.5, 0.6) is 0 Å². The minimum absolute atomic E-state index is 0.274. The van der Waals surface area contributed by atoms with E-state index in [0.717, 1.165) is 11.8 Å². The Balaban J connectivity index is 1.99. The molecule has 15 heteroatoms. The molecule has 1 aliphatic heterocycles. The molecule has 1 unspecified atom stereocenters. The van der Waals surface area contributed by atoms with Gasteiger partial charge in [-0.3, -0.25) is 14.2 Å². The lowest BCUT2D eigenvalue weighted by Gasteiger charge is -2.21.